The summed E-state index contributed by atoms with van der Waals surface area (Å²) in [6, 6.07) is 0. The first-order chi connectivity index (χ1) is 7.89. The van der Waals surface area contributed by atoms with Gasteiger partial charge in [0, 0.05) is 14.2 Å². The lowest BCUT2D eigenvalue weighted by molar-refractivity contribution is -0.150. The number of hydrogen-bond donors (Lipinski definition) is 0. The van der Waals surface area contributed by atoms with Gasteiger partial charge in [0.15, 0.2) is 5.85 Å². The van der Waals surface area contributed by atoms with E-state index >= 15 is 0 Å². The van der Waals surface area contributed by atoms with Gasteiger partial charge in [0.1, 0.15) is 0 Å². The molecule has 8 heteroatoms. The molecule has 0 heterocycles. The van der Waals surface area contributed by atoms with Crippen LogP contribution in [0.2, 0.25) is 0 Å². The van der Waals surface area contributed by atoms with Crippen LogP contribution in [0.1, 0.15) is 19.8 Å². The topological polar surface area (TPSA) is 88.1 Å². The van der Waals surface area contributed by atoms with E-state index in [0.29, 0.717) is 0 Å². The van der Waals surface area contributed by atoms with E-state index in [1.165, 1.54) is 28.3 Å². The Kier molecular flexibility index (Phi) is 7.03. The van der Waals surface area contributed by atoms with E-state index in [1.54, 1.807) is 0 Å². The van der Waals surface area contributed by atoms with Gasteiger partial charge < -0.3 is 18.5 Å². The molecule has 100 valence electrons. The second-order valence-electron chi connectivity index (χ2n) is 3.07. The number of esters is 2. The molecule has 0 aliphatic heterocycles. The van der Waals surface area contributed by atoms with E-state index < -0.39 is 25.4 Å². The molecule has 0 radical (unpaired) electrons. The Morgan fingerprint density at radius 2 is 1.53 bits per heavy atom. The molecule has 0 saturated carbocycles. The van der Waals surface area contributed by atoms with Crippen molar-refractivity contribution in [2.24, 2.45) is 0 Å². The Morgan fingerprint density at radius 3 is 1.94 bits per heavy atom. The highest BCUT2D eigenvalue weighted by Crippen LogP contribution is 2.51. The van der Waals surface area contributed by atoms with E-state index in [-0.39, 0.29) is 12.8 Å². The normalized spacial score (nSPS) is 12.9. The third kappa shape index (κ3) is 5.30. The van der Waals surface area contributed by atoms with Crippen molar-refractivity contribution >= 4 is 19.5 Å². The summed E-state index contributed by atoms with van der Waals surface area (Å²) in [6.45, 7) is 1.39. The zero-order valence-electron chi connectivity index (χ0n) is 10.3. The molecule has 0 bridgehead atoms. The first-order valence-electron chi connectivity index (χ1n) is 4.87. The van der Waals surface area contributed by atoms with Crippen LogP contribution < -0.4 is 0 Å². The fraction of sp³-hybridized carbons (Fsp3) is 0.778. The monoisotopic (exact) mass is 268 g/mol. The summed E-state index contributed by atoms with van der Waals surface area (Å²) in [5.41, 5.74) is 0. The maximum absolute atomic E-state index is 11.8. The predicted molar refractivity (Wildman–Crippen MR) is 58.4 cm³/mol. The van der Waals surface area contributed by atoms with E-state index in [1.807, 2.05) is 0 Å². The lowest BCUT2D eigenvalue weighted by Gasteiger charge is -2.20. The molecule has 7 nitrogen and oxygen atoms in total. The first kappa shape index (κ1) is 16.1. The van der Waals surface area contributed by atoms with Crippen molar-refractivity contribution in [1.82, 2.24) is 0 Å². The van der Waals surface area contributed by atoms with Crippen molar-refractivity contribution in [3.05, 3.63) is 0 Å². The largest absolute Gasteiger partial charge is 0.469 e. The molecule has 0 aromatic rings. The maximum Gasteiger partial charge on any atom is 0.370 e. The highest BCUT2D eigenvalue weighted by molar-refractivity contribution is 7.54. The van der Waals surface area contributed by atoms with E-state index in [0.717, 1.165) is 0 Å². The van der Waals surface area contributed by atoms with Gasteiger partial charge in [0.05, 0.1) is 20.0 Å². The van der Waals surface area contributed by atoms with Crippen molar-refractivity contribution in [1.29, 1.82) is 0 Å². The third-order valence-corrected chi connectivity index (χ3v) is 4.03. The number of carbonyl (C=O) groups excluding carboxylic acids is 2. The van der Waals surface area contributed by atoms with Crippen LogP contribution in [0.25, 0.3) is 0 Å². The summed E-state index contributed by atoms with van der Waals surface area (Å²) in [7, 11) is 0.178. The number of rotatable bonds is 7. The van der Waals surface area contributed by atoms with Crippen molar-refractivity contribution in [2.45, 2.75) is 25.6 Å². The number of carbonyl (C=O) groups is 2. The second kappa shape index (κ2) is 7.42. The fourth-order valence-corrected chi connectivity index (χ4v) is 1.98. The molecule has 0 spiro atoms. The van der Waals surface area contributed by atoms with Crippen LogP contribution in [0.3, 0.4) is 0 Å². The van der Waals surface area contributed by atoms with Crippen LogP contribution >= 0.6 is 7.60 Å². The minimum atomic E-state index is -3.44. The predicted octanol–water partition coefficient (Wildman–Crippen LogP) is 1.31. The van der Waals surface area contributed by atoms with Crippen LogP contribution in [0, 0.1) is 0 Å². The molecule has 0 aliphatic carbocycles. The van der Waals surface area contributed by atoms with Gasteiger partial charge >= 0.3 is 19.5 Å². The molecule has 0 N–H and O–H groups in total. The standard InChI is InChI=1S/C9H17O7P/c1-7(17(12,14-3)15-4)16-9(11)6-5-8(10)13-2/h7H,5-6H2,1-4H3. The highest BCUT2D eigenvalue weighted by atomic mass is 31.2. The van der Waals surface area contributed by atoms with Crippen LogP contribution in [-0.4, -0.2) is 39.1 Å². The Morgan fingerprint density at radius 1 is 1.06 bits per heavy atom. The molecule has 17 heavy (non-hydrogen) atoms. The number of hydrogen-bond acceptors (Lipinski definition) is 7. The molecule has 0 aliphatic rings. The molecular formula is C9H17O7P. The summed E-state index contributed by atoms with van der Waals surface area (Å²) in [4.78, 5) is 22.1. The first-order valence-corrected chi connectivity index (χ1v) is 6.48. The molecule has 0 aromatic carbocycles. The lowest BCUT2D eigenvalue weighted by atomic mass is 10.3. The molecule has 1 atom stereocenters. The lowest BCUT2D eigenvalue weighted by Crippen LogP contribution is -2.17. The van der Waals surface area contributed by atoms with Gasteiger partial charge in [-0.2, -0.15) is 0 Å². The quantitative estimate of drug-likeness (QED) is 0.508. The van der Waals surface area contributed by atoms with Crippen LogP contribution in [0.15, 0.2) is 0 Å². The Balaban J connectivity index is 4.21. The van der Waals surface area contributed by atoms with Gasteiger partial charge in [-0.1, -0.05) is 0 Å². The summed E-state index contributed by atoms with van der Waals surface area (Å²) in [5, 5.41) is 0. The summed E-state index contributed by atoms with van der Waals surface area (Å²) < 4.78 is 30.3. The van der Waals surface area contributed by atoms with E-state index in [9.17, 15) is 14.2 Å². The Hall–Kier alpha value is -0.910. The van der Waals surface area contributed by atoms with Gasteiger partial charge in [0.2, 0.25) is 0 Å². The number of methoxy groups -OCH3 is 1. The van der Waals surface area contributed by atoms with Crippen LogP contribution in [0.5, 0.6) is 0 Å². The van der Waals surface area contributed by atoms with Gasteiger partial charge in [-0.3, -0.25) is 14.2 Å². The Labute approximate surface area is 99.9 Å². The van der Waals surface area contributed by atoms with Crippen molar-refractivity contribution in [3.63, 3.8) is 0 Å². The minimum Gasteiger partial charge on any atom is -0.469 e. The number of ether oxygens (including phenoxy) is 2. The summed E-state index contributed by atoms with van der Waals surface area (Å²) >= 11 is 0. The average molecular weight is 268 g/mol. The Bertz CT molecular complexity index is 306. The highest BCUT2D eigenvalue weighted by Gasteiger charge is 2.33. The minimum absolute atomic E-state index is 0.0910. The molecular weight excluding hydrogens is 251 g/mol. The van der Waals surface area contributed by atoms with Crippen LogP contribution in [-0.2, 0) is 32.7 Å². The molecule has 0 fully saturated rings. The summed E-state index contributed by atoms with van der Waals surface area (Å²) in [5.74, 6) is -2.21. The molecule has 0 saturated heterocycles. The molecule has 0 amide bonds. The van der Waals surface area contributed by atoms with Gasteiger partial charge in [-0.05, 0) is 6.92 Å². The third-order valence-electron chi connectivity index (χ3n) is 2.02. The zero-order valence-corrected chi connectivity index (χ0v) is 11.2. The van der Waals surface area contributed by atoms with Gasteiger partial charge in [-0.25, -0.2) is 0 Å². The molecule has 1 unspecified atom stereocenters. The SMILES string of the molecule is COC(=O)CCC(=O)OC(C)P(=O)(OC)OC. The van der Waals surface area contributed by atoms with Gasteiger partial charge in [0.25, 0.3) is 0 Å². The maximum atomic E-state index is 11.8. The van der Waals surface area contributed by atoms with Crippen LogP contribution in [0.4, 0.5) is 0 Å². The fourth-order valence-electron chi connectivity index (χ4n) is 0.991. The van der Waals surface area contributed by atoms with Crippen molar-refractivity contribution < 1.29 is 32.7 Å². The van der Waals surface area contributed by atoms with Crippen molar-refractivity contribution in [3.8, 4) is 0 Å². The zero-order chi connectivity index (χ0) is 13.5. The molecule has 0 rings (SSSR count). The van der Waals surface area contributed by atoms with Crippen molar-refractivity contribution in [2.75, 3.05) is 21.3 Å². The average Bonchev–Trinajstić information content (AvgIpc) is 2.34. The smallest absolute Gasteiger partial charge is 0.370 e. The van der Waals surface area contributed by atoms with Gasteiger partial charge in [-0.15, -0.1) is 0 Å². The van der Waals surface area contributed by atoms with E-state index in [2.05, 4.69) is 13.8 Å². The van der Waals surface area contributed by atoms with E-state index in [4.69, 9.17) is 4.74 Å². The summed E-state index contributed by atoms with van der Waals surface area (Å²) in [6.07, 6.45) is -0.239. The second-order valence-corrected chi connectivity index (χ2v) is 5.61. The molecule has 0 aromatic heterocycles.